The second-order valence-electron chi connectivity index (χ2n) is 3.63. The summed E-state index contributed by atoms with van der Waals surface area (Å²) in [4.78, 5) is 11.8. The fourth-order valence-electron chi connectivity index (χ4n) is 1.50. The first kappa shape index (κ1) is 11.5. The van der Waals surface area contributed by atoms with Gasteiger partial charge in [-0.15, -0.1) is 0 Å². The van der Waals surface area contributed by atoms with Crippen LogP contribution in [0.25, 0.3) is 11.0 Å². The van der Waals surface area contributed by atoms with Crippen molar-refractivity contribution >= 4 is 16.9 Å². The summed E-state index contributed by atoms with van der Waals surface area (Å²) in [5.74, 6) is -0.106. The molecule has 0 fully saturated rings. The maximum absolute atomic E-state index is 11.8. The molecule has 0 unspecified atom stereocenters. The van der Waals surface area contributed by atoms with Crippen LogP contribution in [0.5, 0.6) is 0 Å². The van der Waals surface area contributed by atoms with Gasteiger partial charge in [0, 0.05) is 25.8 Å². The zero-order valence-corrected chi connectivity index (χ0v) is 9.56. The van der Waals surface area contributed by atoms with Crippen LogP contribution >= 0.6 is 0 Å². The van der Waals surface area contributed by atoms with Gasteiger partial charge in [0.05, 0.1) is 0 Å². The van der Waals surface area contributed by atoms with E-state index < -0.39 is 0 Å². The highest BCUT2D eigenvalue weighted by Gasteiger charge is 2.07. The fraction of sp³-hybridized carbons (Fsp3) is 0.364. The number of hydrogen-bond acceptors (Lipinski definition) is 4. The monoisotopic (exact) mass is 234 g/mol. The zero-order chi connectivity index (χ0) is 12.1. The van der Waals surface area contributed by atoms with Gasteiger partial charge in [-0.3, -0.25) is 4.79 Å². The van der Waals surface area contributed by atoms with E-state index in [1.165, 1.54) is 0 Å². The molecule has 0 aliphatic carbocycles. The molecule has 0 radical (unpaired) electrons. The van der Waals surface area contributed by atoms with E-state index in [0.29, 0.717) is 24.2 Å². The molecule has 6 heteroatoms. The third-order valence-corrected chi connectivity index (χ3v) is 2.39. The molecule has 0 saturated heterocycles. The van der Waals surface area contributed by atoms with Crippen LogP contribution in [0.3, 0.4) is 0 Å². The van der Waals surface area contributed by atoms with Crippen molar-refractivity contribution in [2.45, 2.75) is 6.42 Å². The molecule has 6 nitrogen and oxygen atoms in total. The average Bonchev–Trinajstić information content (AvgIpc) is 2.81. The predicted molar refractivity (Wildman–Crippen MR) is 62.7 cm³/mol. The minimum atomic E-state index is -0.106. The molecular weight excluding hydrogens is 220 g/mol. The van der Waals surface area contributed by atoms with Gasteiger partial charge in [-0.1, -0.05) is 0 Å². The quantitative estimate of drug-likeness (QED) is 0.747. The summed E-state index contributed by atoms with van der Waals surface area (Å²) < 4.78 is 4.90. The van der Waals surface area contributed by atoms with Crippen molar-refractivity contribution < 1.29 is 9.53 Å². The molecule has 0 saturated carbocycles. The number of H-pyrrole nitrogens is 1. The van der Waals surface area contributed by atoms with Crippen molar-refractivity contribution in [2.24, 2.45) is 0 Å². The highest BCUT2D eigenvalue weighted by atomic mass is 16.5. The van der Waals surface area contributed by atoms with Crippen LogP contribution in [-0.4, -0.2) is 41.6 Å². The normalized spacial score (nSPS) is 10.6. The molecule has 1 aromatic carbocycles. The van der Waals surface area contributed by atoms with Gasteiger partial charge in [0.2, 0.25) is 0 Å². The molecule has 0 atom stereocenters. The van der Waals surface area contributed by atoms with Crippen molar-refractivity contribution in [1.82, 2.24) is 20.7 Å². The van der Waals surface area contributed by atoms with Crippen molar-refractivity contribution in [2.75, 3.05) is 20.3 Å². The second-order valence-corrected chi connectivity index (χ2v) is 3.63. The number of amides is 1. The number of rotatable bonds is 5. The first-order chi connectivity index (χ1) is 8.31. The number of aromatic amines is 1. The minimum Gasteiger partial charge on any atom is -0.385 e. The summed E-state index contributed by atoms with van der Waals surface area (Å²) in [6, 6.07) is 5.21. The highest BCUT2D eigenvalue weighted by molar-refractivity contribution is 5.97. The Balaban J connectivity index is 1.98. The van der Waals surface area contributed by atoms with Gasteiger partial charge in [0.15, 0.2) is 0 Å². The molecule has 1 amide bonds. The van der Waals surface area contributed by atoms with E-state index in [-0.39, 0.29) is 5.91 Å². The predicted octanol–water partition coefficient (Wildman–Crippen LogP) is 0.724. The first-order valence-electron chi connectivity index (χ1n) is 5.39. The van der Waals surface area contributed by atoms with Crippen LogP contribution in [-0.2, 0) is 4.74 Å². The number of hydrogen-bond donors (Lipinski definition) is 2. The van der Waals surface area contributed by atoms with Gasteiger partial charge < -0.3 is 10.1 Å². The van der Waals surface area contributed by atoms with Gasteiger partial charge in [0.25, 0.3) is 5.91 Å². The number of fused-ring (bicyclic) bond motifs is 1. The lowest BCUT2D eigenvalue weighted by Crippen LogP contribution is -2.25. The molecule has 2 N–H and O–H groups in total. The summed E-state index contributed by atoms with van der Waals surface area (Å²) in [6.45, 7) is 1.24. The Morgan fingerprint density at radius 3 is 3.06 bits per heavy atom. The van der Waals surface area contributed by atoms with E-state index in [0.717, 1.165) is 11.9 Å². The van der Waals surface area contributed by atoms with Crippen LogP contribution in [0.15, 0.2) is 18.2 Å². The molecule has 2 aromatic rings. The smallest absolute Gasteiger partial charge is 0.251 e. The Bertz CT molecular complexity index is 509. The largest absolute Gasteiger partial charge is 0.385 e. The number of carbonyl (C=O) groups is 1. The summed E-state index contributed by atoms with van der Waals surface area (Å²) in [5.41, 5.74) is 2.03. The van der Waals surface area contributed by atoms with E-state index in [1.807, 2.05) is 0 Å². The number of benzene rings is 1. The molecular formula is C11H14N4O2. The van der Waals surface area contributed by atoms with Crippen LogP contribution in [0.1, 0.15) is 16.8 Å². The number of nitrogens with one attached hydrogen (secondary N) is 2. The fourth-order valence-corrected chi connectivity index (χ4v) is 1.50. The Labute approximate surface area is 98.3 Å². The Morgan fingerprint density at radius 2 is 2.24 bits per heavy atom. The lowest BCUT2D eigenvalue weighted by molar-refractivity contribution is 0.0948. The average molecular weight is 234 g/mol. The number of aromatic nitrogens is 3. The summed E-state index contributed by atoms with van der Waals surface area (Å²) >= 11 is 0. The first-order valence-corrected chi connectivity index (χ1v) is 5.39. The molecule has 0 aliphatic rings. The Hall–Kier alpha value is -1.95. The van der Waals surface area contributed by atoms with Crippen LogP contribution < -0.4 is 5.32 Å². The molecule has 1 heterocycles. The topological polar surface area (TPSA) is 79.9 Å². The van der Waals surface area contributed by atoms with Crippen molar-refractivity contribution in [3.8, 4) is 0 Å². The molecule has 0 aliphatic heterocycles. The molecule has 90 valence electrons. The lowest BCUT2D eigenvalue weighted by Gasteiger charge is -2.04. The number of methoxy groups -OCH3 is 1. The Morgan fingerprint density at radius 1 is 1.41 bits per heavy atom. The third kappa shape index (κ3) is 2.79. The molecule has 2 rings (SSSR count). The molecule has 1 aromatic heterocycles. The third-order valence-electron chi connectivity index (χ3n) is 2.39. The lowest BCUT2D eigenvalue weighted by atomic mass is 10.2. The summed E-state index contributed by atoms with van der Waals surface area (Å²) in [5, 5.41) is 13.2. The maximum Gasteiger partial charge on any atom is 0.251 e. The van der Waals surface area contributed by atoms with E-state index >= 15 is 0 Å². The van der Waals surface area contributed by atoms with Gasteiger partial charge in [-0.2, -0.15) is 15.4 Å². The molecule has 0 bridgehead atoms. The van der Waals surface area contributed by atoms with Gasteiger partial charge >= 0.3 is 0 Å². The van der Waals surface area contributed by atoms with Crippen molar-refractivity contribution in [3.05, 3.63) is 23.8 Å². The second kappa shape index (κ2) is 5.40. The van der Waals surface area contributed by atoms with E-state index in [2.05, 4.69) is 20.7 Å². The van der Waals surface area contributed by atoms with Crippen LogP contribution in [0.2, 0.25) is 0 Å². The summed E-state index contributed by atoms with van der Waals surface area (Å²) in [7, 11) is 1.64. The number of carbonyl (C=O) groups excluding carboxylic acids is 1. The SMILES string of the molecule is COCCCNC(=O)c1ccc2n[nH]nc2c1. The van der Waals surface area contributed by atoms with Gasteiger partial charge in [0.1, 0.15) is 11.0 Å². The molecule has 0 spiro atoms. The zero-order valence-electron chi connectivity index (χ0n) is 9.56. The van der Waals surface area contributed by atoms with Crippen LogP contribution in [0, 0.1) is 0 Å². The number of nitrogens with zero attached hydrogens (tertiary/aromatic N) is 2. The van der Waals surface area contributed by atoms with Crippen molar-refractivity contribution in [1.29, 1.82) is 0 Å². The standard InChI is InChI=1S/C11H14N4O2/c1-17-6-2-5-12-11(16)8-3-4-9-10(7-8)14-15-13-9/h3-4,7H,2,5-6H2,1H3,(H,12,16)(H,13,14,15). The van der Waals surface area contributed by atoms with E-state index in [1.54, 1.807) is 25.3 Å². The summed E-state index contributed by atoms with van der Waals surface area (Å²) in [6.07, 6.45) is 0.800. The Kier molecular flexibility index (Phi) is 3.66. The van der Waals surface area contributed by atoms with E-state index in [4.69, 9.17) is 4.74 Å². The van der Waals surface area contributed by atoms with Crippen molar-refractivity contribution in [3.63, 3.8) is 0 Å². The number of ether oxygens (including phenoxy) is 1. The van der Waals surface area contributed by atoms with Gasteiger partial charge in [-0.25, -0.2) is 0 Å². The van der Waals surface area contributed by atoms with Gasteiger partial charge in [-0.05, 0) is 24.6 Å². The highest BCUT2D eigenvalue weighted by Crippen LogP contribution is 2.10. The molecule has 17 heavy (non-hydrogen) atoms. The van der Waals surface area contributed by atoms with E-state index in [9.17, 15) is 4.79 Å². The maximum atomic E-state index is 11.8. The minimum absolute atomic E-state index is 0.106. The van der Waals surface area contributed by atoms with Crippen LogP contribution in [0.4, 0.5) is 0 Å².